The standard InChI is InChI=1S/C16H25N3/c1-9-18-14(2-3-17)16(19-9)15-12-5-10-4-11(7-12)8-13(15)6-10/h10-13,15H,2-8,17H2,1H3,(H,18,19). The zero-order valence-electron chi connectivity index (χ0n) is 11.9. The van der Waals surface area contributed by atoms with Crippen LogP contribution in [0, 0.1) is 30.6 Å². The predicted molar refractivity (Wildman–Crippen MR) is 75.9 cm³/mol. The molecule has 0 spiro atoms. The second-order valence-electron chi connectivity index (χ2n) is 7.18. The Balaban J connectivity index is 1.68. The van der Waals surface area contributed by atoms with Gasteiger partial charge in [0, 0.05) is 18.0 Å². The molecule has 0 amide bonds. The van der Waals surface area contributed by atoms with E-state index in [9.17, 15) is 0 Å². The third-order valence-electron chi connectivity index (χ3n) is 5.87. The Morgan fingerprint density at radius 1 is 1.11 bits per heavy atom. The van der Waals surface area contributed by atoms with Gasteiger partial charge in [0.2, 0.25) is 0 Å². The summed E-state index contributed by atoms with van der Waals surface area (Å²) in [5.41, 5.74) is 8.48. The molecule has 0 atom stereocenters. The van der Waals surface area contributed by atoms with Gasteiger partial charge in [-0.25, -0.2) is 4.98 Å². The first-order valence-corrected chi connectivity index (χ1v) is 8.00. The molecule has 19 heavy (non-hydrogen) atoms. The lowest BCUT2D eigenvalue weighted by molar-refractivity contribution is -0.00433. The molecular formula is C16H25N3. The van der Waals surface area contributed by atoms with Gasteiger partial charge in [-0.2, -0.15) is 0 Å². The van der Waals surface area contributed by atoms with Crippen LogP contribution in [0.15, 0.2) is 0 Å². The maximum absolute atomic E-state index is 5.77. The summed E-state index contributed by atoms with van der Waals surface area (Å²) >= 11 is 0. The smallest absolute Gasteiger partial charge is 0.103 e. The Kier molecular flexibility index (Phi) is 2.73. The Hall–Kier alpha value is -0.830. The van der Waals surface area contributed by atoms with Gasteiger partial charge in [-0.15, -0.1) is 0 Å². The van der Waals surface area contributed by atoms with E-state index in [1.807, 2.05) is 0 Å². The van der Waals surface area contributed by atoms with E-state index in [1.165, 1.54) is 43.5 Å². The first kappa shape index (κ1) is 12.0. The van der Waals surface area contributed by atoms with Gasteiger partial charge in [0.1, 0.15) is 5.82 Å². The third-order valence-corrected chi connectivity index (χ3v) is 5.87. The molecular weight excluding hydrogens is 234 g/mol. The van der Waals surface area contributed by atoms with Crippen molar-refractivity contribution in [1.29, 1.82) is 0 Å². The molecule has 4 aliphatic rings. The van der Waals surface area contributed by atoms with Gasteiger partial charge in [-0.05, 0) is 69.2 Å². The van der Waals surface area contributed by atoms with Crippen LogP contribution in [0.1, 0.15) is 55.2 Å². The zero-order valence-corrected chi connectivity index (χ0v) is 11.9. The van der Waals surface area contributed by atoms with E-state index in [4.69, 9.17) is 10.7 Å². The highest BCUT2D eigenvalue weighted by atomic mass is 14.9. The van der Waals surface area contributed by atoms with Crippen LogP contribution >= 0.6 is 0 Å². The summed E-state index contributed by atoms with van der Waals surface area (Å²) in [7, 11) is 0. The number of aryl methyl sites for hydroxylation is 1. The molecule has 1 aromatic rings. The molecule has 1 aromatic heterocycles. The van der Waals surface area contributed by atoms with Crippen LogP contribution in [-0.2, 0) is 6.42 Å². The number of H-pyrrole nitrogens is 1. The van der Waals surface area contributed by atoms with Crippen molar-refractivity contribution in [1.82, 2.24) is 9.97 Å². The highest BCUT2D eigenvalue weighted by Gasteiger charge is 2.49. The van der Waals surface area contributed by atoms with E-state index in [0.717, 1.165) is 48.4 Å². The highest BCUT2D eigenvalue weighted by molar-refractivity contribution is 5.24. The van der Waals surface area contributed by atoms with Gasteiger partial charge in [0.25, 0.3) is 0 Å². The average molecular weight is 259 g/mol. The van der Waals surface area contributed by atoms with Crippen molar-refractivity contribution in [2.75, 3.05) is 6.54 Å². The second-order valence-corrected chi connectivity index (χ2v) is 7.18. The summed E-state index contributed by atoms with van der Waals surface area (Å²) in [6.07, 6.45) is 8.34. The molecule has 0 aliphatic heterocycles. The summed E-state index contributed by atoms with van der Waals surface area (Å²) < 4.78 is 0. The van der Waals surface area contributed by atoms with Crippen molar-refractivity contribution in [3.8, 4) is 0 Å². The monoisotopic (exact) mass is 259 g/mol. The minimum Gasteiger partial charge on any atom is -0.346 e. The largest absolute Gasteiger partial charge is 0.346 e. The molecule has 5 rings (SSSR count). The summed E-state index contributed by atoms with van der Waals surface area (Å²) in [5.74, 6) is 5.71. The van der Waals surface area contributed by atoms with Crippen LogP contribution < -0.4 is 5.73 Å². The Morgan fingerprint density at radius 3 is 2.32 bits per heavy atom. The molecule has 0 saturated heterocycles. The van der Waals surface area contributed by atoms with Crippen molar-refractivity contribution >= 4 is 0 Å². The van der Waals surface area contributed by atoms with Gasteiger partial charge in [0.05, 0.1) is 5.69 Å². The first-order chi connectivity index (χ1) is 9.24. The quantitative estimate of drug-likeness (QED) is 0.877. The van der Waals surface area contributed by atoms with E-state index in [0.29, 0.717) is 0 Å². The van der Waals surface area contributed by atoms with Crippen LogP contribution in [0.4, 0.5) is 0 Å². The molecule has 4 fully saturated rings. The number of nitrogens with one attached hydrogen (secondary N) is 1. The molecule has 3 N–H and O–H groups in total. The first-order valence-electron chi connectivity index (χ1n) is 8.00. The number of nitrogens with two attached hydrogens (primary N) is 1. The highest BCUT2D eigenvalue weighted by Crippen LogP contribution is 2.59. The van der Waals surface area contributed by atoms with Crippen molar-refractivity contribution < 1.29 is 0 Å². The molecule has 3 heteroatoms. The van der Waals surface area contributed by atoms with Crippen molar-refractivity contribution in [3.05, 3.63) is 17.2 Å². The third kappa shape index (κ3) is 1.85. The van der Waals surface area contributed by atoms with E-state index in [-0.39, 0.29) is 0 Å². The molecule has 0 aromatic carbocycles. The number of nitrogens with zero attached hydrogens (tertiary/aromatic N) is 1. The van der Waals surface area contributed by atoms with Crippen LogP contribution in [0.2, 0.25) is 0 Å². The molecule has 4 saturated carbocycles. The molecule has 0 unspecified atom stereocenters. The minimum atomic E-state index is 0.724. The fourth-order valence-corrected chi connectivity index (χ4v) is 5.54. The van der Waals surface area contributed by atoms with Gasteiger partial charge >= 0.3 is 0 Å². The topological polar surface area (TPSA) is 54.7 Å². The summed E-state index contributed by atoms with van der Waals surface area (Å²) in [5, 5.41) is 0. The van der Waals surface area contributed by atoms with E-state index in [2.05, 4.69) is 11.9 Å². The molecule has 1 heterocycles. The summed E-state index contributed by atoms with van der Waals surface area (Å²) in [6, 6.07) is 0. The second kappa shape index (κ2) is 4.34. The lowest BCUT2D eigenvalue weighted by Gasteiger charge is -2.54. The minimum absolute atomic E-state index is 0.724. The van der Waals surface area contributed by atoms with Crippen molar-refractivity contribution in [3.63, 3.8) is 0 Å². The van der Waals surface area contributed by atoms with Crippen LogP contribution in [0.5, 0.6) is 0 Å². The van der Waals surface area contributed by atoms with Gasteiger partial charge in [0.15, 0.2) is 0 Å². The van der Waals surface area contributed by atoms with Crippen molar-refractivity contribution in [2.24, 2.45) is 29.4 Å². The number of aromatic amines is 1. The van der Waals surface area contributed by atoms with E-state index < -0.39 is 0 Å². The van der Waals surface area contributed by atoms with Crippen LogP contribution in [0.25, 0.3) is 0 Å². The molecule has 3 nitrogen and oxygen atoms in total. The summed E-state index contributed by atoms with van der Waals surface area (Å²) in [6.45, 7) is 2.81. The zero-order chi connectivity index (χ0) is 13.0. The van der Waals surface area contributed by atoms with Crippen LogP contribution in [0.3, 0.4) is 0 Å². The number of rotatable bonds is 3. The SMILES string of the molecule is Cc1nc(C2C3CC4CC(C3)CC2C4)c(CCN)[nH]1. The Bertz CT molecular complexity index is 448. The van der Waals surface area contributed by atoms with Gasteiger partial charge < -0.3 is 10.7 Å². The lowest BCUT2D eigenvalue weighted by atomic mass is 9.51. The van der Waals surface area contributed by atoms with E-state index in [1.54, 1.807) is 0 Å². The number of imidazole rings is 1. The number of aromatic nitrogens is 2. The molecule has 0 radical (unpaired) electrons. The Labute approximate surface area is 115 Å². The normalized spacial score (nSPS) is 40.0. The maximum Gasteiger partial charge on any atom is 0.103 e. The number of hydrogen-bond donors (Lipinski definition) is 2. The average Bonchev–Trinajstić information content (AvgIpc) is 2.69. The fraction of sp³-hybridized carbons (Fsp3) is 0.812. The Morgan fingerprint density at radius 2 is 1.74 bits per heavy atom. The van der Waals surface area contributed by atoms with Crippen molar-refractivity contribution in [2.45, 2.75) is 51.4 Å². The van der Waals surface area contributed by atoms with Gasteiger partial charge in [-0.1, -0.05) is 0 Å². The number of hydrogen-bond acceptors (Lipinski definition) is 2. The molecule has 4 aliphatic carbocycles. The van der Waals surface area contributed by atoms with E-state index >= 15 is 0 Å². The molecule has 4 bridgehead atoms. The van der Waals surface area contributed by atoms with Crippen LogP contribution in [-0.4, -0.2) is 16.5 Å². The lowest BCUT2D eigenvalue weighted by Crippen LogP contribution is -2.44. The molecule has 104 valence electrons. The van der Waals surface area contributed by atoms with Gasteiger partial charge in [-0.3, -0.25) is 0 Å². The maximum atomic E-state index is 5.77. The summed E-state index contributed by atoms with van der Waals surface area (Å²) in [4.78, 5) is 8.33. The fourth-order valence-electron chi connectivity index (χ4n) is 5.54. The predicted octanol–water partition coefficient (Wildman–Crippen LogP) is 2.76.